The van der Waals surface area contributed by atoms with Crippen molar-refractivity contribution >= 4 is 17.8 Å². The van der Waals surface area contributed by atoms with E-state index >= 15 is 0 Å². The molecule has 1 N–H and O–H groups in total. The van der Waals surface area contributed by atoms with Gasteiger partial charge in [-0.05, 0) is 43.0 Å². The van der Waals surface area contributed by atoms with Crippen molar-refractivity contribution in [2.24, 2.45) is 0 Å². The van der Waals surface area contributed by atoms with Crippen LogP contribution in [0.4, 0.5) is 0 Å². The molecule has 1 atom stereocenters. The zero-order valence-electron chi connectivity index (χ0n) is 18.7. The number of likely N-dealkylation sites (N-methyl/N-ethyl adjacent to an activating group) is 1. The Labute approximate surface area is 177 Å². The molecule has 7 heteroatoms. The van der Waals surface area contributed by atoms with Crippen molar-refractivity contribution < 1.29 is 23.5 Å². The van der Waals surface area contributed by atoms with Gasteiger partial charge in [0.15, 0.2) is 0 Å². The average Bonchev–Trinajstić information content (AvgIpc) is 3.05. The van der Waals surface area contributed by atoms with Gasteiger partial charge in [0.1, 0.15) is 23.1 Å². The normalized spacial score (nSPS) is 12.2. The van der Waals surface area contributed by atoms with E-state index in [9.17, 15) is 14.4 Å². The summed E-state index contributed by atoms with van der Waals surface area (Å²) in [6, 6.07) is 8.21. The molecule has 162 valence electrons. The van der Waals surface area contributed by atoms with Crippen LogP contribution >= 0.6 is 0 Å². The van der Waals surface area contributed by atoms with Crippen LogP contribution in [0.1, 0.15) is 65.5 Å². The summed E-state index contributed by atoms with van der Waals surface area (Å²) in [6.07, 6.45) is 0. The molecule has 0 saturated carbocycles. The number of carbonyl (C=O) groups excluding carboxylic acids is 3. The quantitative estimate of drug-likeness (QED) is 0.732. The van der Waals surface area contributed by atoms with Crippen molar-refractivity contribution in [1.82, 2.24) is 10.2 Å². The molecule has 0 fully saturated rings. The van der Waals surface area contributed by atoms with Gasteiger partial charge < -0.3 is 19.4 Å². The van der Waals surface area contributed by atoms with E-state index in [1.807, 2.05) is 12.1 Å². The highest BCUT2D eigenvalue weighted by Crippen LogP contribution is 2.22. The van der Waals surface area contributed by atoms with Crippen LogP contribution in [0.2, 0.25) is 0 Å². The summed E-state index contributed by atoms with van der Waals surface area (Å²) in [5, 5.41) is 2.73. The number of nitrogens with zero attached hydrogens (tertiary/aromatic N) is 1. The number of ether oxygens (including phenoxy) is 1. The number of hydrogen-bond acceptors (Lipinski definition) is 5. The zero-order valence-corrected chi connectivity index (χ0v) is 18.7. The van der Waals surface area contributed by atoms with E-state index in [1.165, 1.54) is 12.0 Å². The van der Waals surface area contributed by atoms with E-state index in [0.29, 0.717) is 22.6 Å². The zero-order chi connectivity index (χ0) is 22.6. The van der Waals surface area contributed by atoms with Gasteiger partial charge in [-0.2, -0.15) is 0 Å². The predicted octanol–water partition coefficient (Wildman–Crippen LogP) is 3.45. The highest BCUT2D eigenvalue weighted by atomic mass is 16.5. The van der Waals surface area contributed by atoms with Crippen LogP contribution in [0, 0.1) is 6.92 Å². The number of aryl methyl sites for hydroxylation is 1. The van der Waals surface area contributed by atoms with E-state index in [1.54, 1.807) is 39.1 Å². The first kappa shape index (κ1) is 23.2. The molecule has 1 aromatic carbocycles. The van der Waals surface area contributed by atoms with Gasteiger partial charge in [0, 0.05) is 12.6 Å². The topological polar surface area (TPSA) is 88.9 Å². The highest BCUT2D eigenvalue weighted by Gasteiger charge is 2.23. The number of rotatable bonds is 6. The van der Waals surface area contributed by atoms with Gasteiger partial charge in [0.05, 0.1) is 13.7 Å². The Kier molecular flexibility index (Phi) is 7.08. The Bertz CT molecular complexity index is 922. The molecular weight excluding hydrogens is 384 g/mol. The predicted molar refractivity (Wildman–Crippen MR) is 113 cm³/mol. The standard InChI is InChI=1S/C23H30N2O5/c1-14(24-20(26)16-8-10-17(11-9-16)23(3,4)5)21(27)25(6)13-18-12-19(15(2)30-18)22(28)29-7/h8-12,14H,13H2,1-7H3,(H,24,26). The molecule has 0 aliphatic rings. The third kappa shape index (κ3) is 5.49. The van der Waals surface area contributed by atoms with Crippen molar-refractivity contribution in [1.29, 1.82) is 0 Å². The Morgan fingerprint density at radius 1 is 1.17 bits per heavy atom. The molecule has 2 amide bonds. The lowest BCUT2D eigenvalue weighted by atomic mass is 9.86. The summed E-state index contributed by atoms with van der Waals surface area (Å²) in [4.78, 5) is 38.3. The summed E-state index contributed by atoms with van der Waals surface area (Å²) in [6.45, 7) is 9.77. The van der Waals surface area contributed by atoms with E-state index in [4.69, 9.17) is 9.15 Å². The van der Waals surface area contributed by atoms with Crippen LogP contribution in [-0.4, -0.2) is 42.9 Å². The van der Waals surface area contributed by atoms with E-state index in [-0.39, 0.29) is 23.8 Å². The molecule has 0 bridgehead atoms. The minimum Gasteiger partial charge on any atom is -0.465 e. The molecule has 1 heterocycles. The Hall–Kier alpha value is -3.09. The third-order valence-corrected chi connectivity index (χ3v) is 4.87. The Morgan fingerprint density at radius 2 is 1.77 bits per heavy atom. The molecule has 30 heavy (non-hydrogen) atoms. The molecule has 1 aromatic heterocycles. The summed E-state index contributed by atoms with van der Waals surface area (Å²) in [5.41, 5.74) is 1.95. The Morgan fingerprint density at radius 3 is 2.30 bits per heavy atom. The molecule has 0 spiro atoms. The number of esters is 1. The van der Waals surface area contributed by atoms with E-state index in [0.717, 1.165) is 5.56 Å². The fourth-order valence-electron chi connectivity index (χ4n) is 3.04. The van der Waals surface area contributed by atoms with Gasteiger partial charge >= 0.3 is 5.97 Å². The molecule has 0 saturated heterocycles. The minimum absolute atomic E-state index is 0.00108. The SMILES string of the molecule is COC(=O)c1cc(CN(C)C(=O)C(C)NC(=O)c2ccc(C(C)(C)C)cc2)oc1C. The summed E-state index contributed by atoms with van der Waals surface area (Å²) in [7, 11) is 2.91. The van der Waals surface area contributed by atoms with Crippen LogP contribution in [0.25, 0.3) is 0 Å². The lowest BCUT2D eigenvalue weighted by molar-refractivity contribution is -0.132. The van der Waals surface area contributed by atoms with Crippen molar-refractivity contribution in [3.8, 4) is 0 Å². The molecule has 2 aromatic rings. The third-order valence-electron chi connectivity index (χ3n) is 4.87. The highest BCUT2D eigenvalue weighted by molar-refractivity contribution is 5.97. The maximum atomic E-state index is 12.7. The molecule has 0 radical (unpaired) electrons. The second-order valence-corrected chi connectivity index (χ2v) is 8.39. The first-order valence-electron chi connectivity index (χ1n) is 9.78. The average molecular weight is 415 g/mol. The van der Waals surface area contributed by atoms with Gasteiger partial charge in [0.2, 0.25) is 5.91 Å². The van der Waals surface area contributed by atoms with Crippen molar-refractivity contribution in [2.45, 2.75) is 52.6 Å². The molecular formula is C23H30N2O5. The number of benzene rings is 1. The van der Waals surface area contributed by atoms with Crippen LogP contribution in [0.15, 0.2) is 34.7 Å². The largest absolute Gasteiger partial charge is 0.465 e. The number of nitrogens with one attached hydrogen (secondary N) is 1. The molecule has 0 aliphatic carbocycles. The smallest absolute Gasteiger partial charge is 0.341 e. The maximum Gasteiger partial charge on any atom is 0.341 e. The van der Waals surface area contributed by atoms with Gasteiger partial charge in [-0.25, -0.2) is 4.79 Å². The maximum absolute atomic E-state index is 12.7. The van der Waals surface area contributed by atoms with E-state index in [2.05, 4.69) is 26.1 Å². The summed E-state index contributed by atoms with van der Waals surface area (Å²) < 4.78 is 10.3. The number of carbonyl (C=O) groups is 3. The van der Waals surface area contributed by atoms with Gasteiger partial charge in [-0.15, -0.1) is 0 Å². The fraction of sp³-hybridized carbons (Fsp3) is 0.435. The fourth-order valence-corrected chi connectivity index (χ4v) is 3.04. The first-order chi connectivity index (χ1) is 13.9. The number of furan rings is 1. The van der Waals surface area contributed by atoms with Crippen molar-refractivity contribution in [2.75, 3.05) is 14.2 Å². The first-order valence-corrected chi connectivity index (χ1v) is 9.78. The number of methoxy groups -OCH3 is 1. The lowest BCUT2D eigenvalue weighted by Gasteiger charge is -2.22. The van der Waals surface area contributed by atoms with Crippen LogP contribution in [0.5, 0.6) is 0 Å². The lowest BCUT2D eigenvalue weighted by Crippen LogP contribution is -2.45. The monoisotopic (exact) mass is 414 g/mol. The molecule has 1 unspecified atom stereocenters. The minimum atomic E-state index is -0.721. The van der Waals surface area contributed by atoms with Gasteiger partial charge in [-0.1, -0.05) is 32.9 Å². The van der Waals surface area contributed by atoms with Crippen molar-refractivity contribution in [3.63, 3.8) is 0 Å². The van der Waals surface area contributed by atoms with E-state index < -0.39 is 12.0 Å². The molecule has 0 aliphatic heterocycles. The number of amides is 2. The van der Waals surface area contributed by atoms with Gasteiger partial charge in [0.25, 0.3) is 5.91 Å². The Balaban J connectivity index is 1.99. The number of hydrogen-bond donors (Lipinski definition) is 1. The van der Waals surface area contributed by atoms with Crippen LogP contribution in [-0.2, 0) is 21.5 Å². The molecule has 2 rings (SSSR count). The van der Waals surface area contributed by atoms with Crippen LogP contribution in [0.3, 0.4) is 0 Å². The van der Waals surface area contributed by atoms with Gasteiger partial charge in [-0.3, -0.25) is 9.59 Å². The van der Waals surface area contributed by atoms with Crippen LogP contribution < -0.4 is 5.32 Å². The summed E-state index contributed by atoms with van der Waals surface area (Å²) in [5.74, 6) is -0.192. The second kappa shape index (κ2) is 9.15. The van der Waals surface area contributed by atoms with Crippen molar-refractivity contribution in [3.05, 3.63) is 58.5 Å². The summed E-state index contributed by atoms with van der Waals surface area (Å²) >= 11 is 0. The second-order valence-electron chi connectivity index (χ2n) is 8.39. The molecule has 7 nitrogen and oxygen atoms in total.